The summed E-state index contributed by atoms with van der Waals surface area (Å²) < 4.78 is 48.6. The Bertz CT molecular complexity index is 4000. The van der Waals surface area contributed by atoms with Crippen LogP contribution in [0.5, 0.6) is 11.5 Å². The summed E-state index contributed by atoms with van der Waals surface area (Å²) in [5.41, 5.74) is -7.08. The van der Waals surface area contributed by atoms with Crippen LogP contribution in [0.3, 0.4) is 0 Å². The van der Waals surface area contributed by atoms with Crippen LogP contribution in [0.4, 0.5) is 15.3 Å². The van der Waals surface area contributed by atoms with E-state index in [0.29, 0.717) is 11.3 Å². The maximum atomic E-state index is 15.9. The van der Waals surface area contributed by atoms with Crippen molar-refractivity contribution in [2.45, 2.75) is 129 Å². The number of benzene rings is 6. The fraction of sp³-hybridized carbons (Fsp3) is 0.370. The second kappa shape index (κ2) is 28.2. The van der Waals surface area contributed by atoms with E-state index in [1.54, 1.807) is 92.7 Å². The maximum Gasteiger partial charge on any atom is 0.408 e. The standard InChI is InChI=1S/C73H76N4O20/c1-42-54(37-73(87)63(96-65(83)50-27-19-12-20-28-50)61-71(8,55(80)36-56-72(61,41-91-56)97-44(3)79)62(81)59(92-43(2)78)57(42)70(73,6)7)94-66(84)60(58(48-23-15-10-16-24-48)76-64(82)49-25-17-11-18-26-49)95-68(86)75-40-69(4,5)39-74-67(85)90-38-45-29-34-52(77(88)89)53(35-45)93-51-32-30-47(31-33-51)46-21-13-9-14-22-46/h9-35,54-56,58-61,63,80,87H,36-41H2,1-8H3,(H,74,85)(H,75,86)(H,76,82)/t54-,55-,56+,58-,59+,60+,61-,63-,71+,72-,73+/m0/s1. The number of esters is 4. The normalized spacial score (nSPS) is 24.4. The minimum absolute atomic E-state index is 0.00637. The predicted octanol–water partition coefficient (Wildman–Crippen LogP) is 9.79. The van der Waals surface area contributed by atoms with Gasteiger partial charge in [0.05, 0.1) is 34.5 Å². The lowest BCUT2D eigenvalue weighted by molar-refractivity contribution is -0.385. The van der Waals surface area contributed by atoms with Gasteiger partial charge in [0.25, 0.3) is 5.91 Å². The van der Waals surface area contributed by atoms with Gasteiger partial charge in [0.1, 0.15) is 42.3 Å². The lowest BCUT2D eigenvalue weighted by Crippen LogP contribution is -2.82. The first-order valence-corrected chi connectivity index (χ1v) is 31.5. The lowest BCUT2D eigenvalue weighted by atomic mass is 9.44. The molecule has 508 valence electrons. The zero-order valence-electron chi connectivity index (χ0n) is 54.6. The third kappa shape index (κ3) is 14.3. The zero-order chi connectivity index (χ0) is 69.8. The molecule has 6 aromatic rings. The van der Waals surface area contributed by atoms with Gasteiger partial charge in [-0.3, -0.25) is 29.3 Å². The first kappa shape index (κ1) is 69.5. The Morgan fingerprint density at radius 2 is 1.33 bits per heavy atom. The molecule has 1 aliphatic heterocycles. The zero-order valence-corrected chi connectivity index (χ0v) is 54.6. The number of nitrogens with zero attached hydrogens (tertiary/aromatic N) is 1. The average molecular weight is 1330 g/mol. The molecule has 10 rings (SSSR count). The van der Waals surface area contributed by atoms with Crippen molar-refractivity contribution >= 4 is 53.4 Å². The van der Waals surface area contributed by atoms with Crippen LogP contribution in [-0.2, 0) is 58.9 Å². The Morgan fingerprint density at radius 1 is 0.742 bits per heavy atom. The van der Waals surface area contributed by atoms with Gasteiger partial charge in [-0.25, -0.2) is 19.2 Å². The Labute approximate surface area is 559 Å². The van der Waals surface area contributed by atoms with E-state index in [-0.39, 0.29) is 72.0 Å². The summed E-state index contributed by atoms with van der Waals surface area (Å²) in [6.07, 6.45) is -13.5. The first-order valence-electron chi connectivity index (χ1n) is 31.5. The molecule has 24 nitrogen and oxygen atoms in total. The number of aliphatic hydroxyl groups excluding tert-OH is 1. The highest BCUT2D eigenvalue weighted by molar-refractivity contribution is 5.96. The number of fused-ring (bicyclic) bond motifs is 5. The SMILES string of the molecule is CC(=O)O[C@H]1C(=O)[C@@]2(C)[C@H]([C@H](OC(=O)c3ccccc3)[C@]3(O)C[C@H](OC(=O)[C@H](OC(=O)NCC(C)(C)CNC(=O)OCc4ccc([N+](=O)[O-])c(Oc5ccc(-c6ccccc6)cc5)c4)[C@@H](NC(=O)c4ccccc4)c4ccccc4)C(C)=C1C3(C)C)[C@]1(OC(C)=O)CO[C@@H]1C[C@@H]2O. The van der Waals surface area contributed by atoms with Crippen molar-refractivity contribution in [3.05, 3.63) is 207 Å². The van der Waals surface area contributed by atoms with E-state index in [4.69, 9.17) is 37.9 Å². The molecule has 5 N–H and O–H groups in total. The number of hydrogen-bond donors (Lipinski definition) is 5. The minimum atomic E-state index is -2.55. The number of carbonyl (C=O) groups is 8. The van der Waals surface area contributed by atoms with Crippen LogP contribution in [0.1, 0.15) is 106 Å². The van der Waals surface area contributed by atoms with Gasteiger partial charge < -0.3 is 64.1 Å². The number of amides is 3. The highest BCUT2D eigenvalue weighted by Crippen LogP contribution is 2.64. The number of rotatable bonds is 21. The molecule has 0 spiro atoms. The molecule has 2 bridgehead atoms. The van der Waals surface area contributed by atoms with Crippen molar-refractivity contribution in [3.63, 3.8) is 0 Å². The molecule has 97 heavy (non-hydrogen) atoms. The largest absolute Gasteiger partial charge is 0.455 e. The molecule has 0 unspecified atom stereocenters. The van der Waals surface area contributed by atoms with Crippen molar-refractivity contribution in [1.29, 1.82) is 0 Å². The molecule has 11 atom stereocenters. The molecule has 3 fully saturated rings. The molecular formula is C73H76N4O20. The molecular weight excluding hydrogens is 1250 g/mol. The van der Waals surface area contributed by atoms with Crippen LogP contribution in [0.25, 0.3) is 11.1 Å². The van der Waals surface area contributed by atoms with Gasteiger partial charge in [0, 0.05) is 56.8 Å². The fourth-order valence-corrected chi connectivity index (χ4v) is 13.7. The molecule has 0 aromatic heterocycles. The number of Topliss-reactive ketones (excluding diaryl/α,β-unsaturated/α-hetero) is 1. The molecule has 2 saturated carbocycles. The lowest BCUT2D eigenvalue weighted by Gasteiger charge is -2.67. The van der Waals surface area contributed by atoms with Crippen molar-refractivity contribution < 1.29 is 91.4 Å². The van der Waals surface area contributed by atoms with Crippen LogP contribution >= 0.6 is 0 Å². The van der Waals surface area contributed by atoms with Crippen LogP contribution in [0, 0.1) is 32.3 Å². The highest BCUT2D eigenvalue weighted by atomic mass is 16.6. The fourth-order valence-electron chi connectivity index (χ4n) is 13.7. The maximum absolute atomic E-state index is 15.9. The minimum Gasteiger partial charge on any atom is -0.455 e. The number of alkyl carbamates (subject to hydrolysis) is 2. The Kier molecular flexibility index (Phi) is 20.2. The van der Waals surface area contributed by atoms with Crippen LogP contribution < -0.4 is 20.7 Å². The predicted molar refractivity (Wildman–Crippen MR) is 347 cm³/mol. The van der Waals surface area contributed by atoms with E-state index in [2.05, 4.69) is 16.0 Å². The van der Waals surface area contributed by atoms with Crippen molar-refractivity contribution in [2.75, 3.05) is 19.7 Å². The van der Waals surface area contributed by atoms with Gasteiger partial charge in [-0.1, -0.05) is 137 Å². The molecule has 3 amide bonds. The average Bonchev–Trinajstić information content (AvgIpc) is 0.669. The Morgan fingerprint density at radius 3 is 1.92 bits per heavy atom. The number of nitrogens with one attached hydrogen (secondary N) is 3. The van der Waals surface area contributed by atoms with E-state index in [0.717, 1.165) is 25.0 Å². The van der Waals surface area contributed by atoms with Crippen molar-refractivity contribution in [1.82, 2.24) is 16.0 Å². The van der Waals surface area contributed by atoms with Gasteiger partial charge in [-0.05, 0) is 101 Å². The summed E-state index contributed by atoms with van der Waals surface area (Å²) in [5.74, 6) is -7.18. The monoisotopic (exact) mass is 1330 g/mol. The van der Waals surface area contributed by atoms with Crippen molar-refractivity contribution in [2.24, 2.45) is 22.2 Å². The summed E-state index contributed by atoms with van der Waals surface area (Å²) in [4.78, 5) is 126. The van der Waals surface area contributed by atoms with Gasteiger partial charge in [-0.15, -0.1) is 0 Å². The summed E-state index contributed by atoms with van der Waals surface area (Å²) in [6, 6.07) is 42.8. The molecule has 24 heteroatoms. The van der Waals surface area contributed by atoms with Gasteiger partial charge >= 0.3 is 41.8 Å². The first-order chi connectivity index (χ1) is 46.1. The number of hydrogen-bond acceptors (Lipinski definition) is 20. The molecule has 1 saturated heterocycles. The Hall–Kier alpha value is -10.3. The van der Waals surface area contributed by atoms with E-state index in [9.17, 15) is 49.1 Å². The van der Waals surface area contributed by atoms with Gasteiger partial charge in [0.2, 0.25) is 11.9 Å². The Balaban J connectivity index is 0.931. The number of ketones is 1. The molecule has 6 aromatic carbocycles. The number of ether oxygens (including phenoxy) is 8. The van der Waals surface area contributed by atoms with Crippen LogP contribution in [0.2, 0.25) is 0 Å². The number of nitro benzene ring substituents is 1. The molecule has 0 radical (unpaired) electrons. The van der Waals surface area contributed by atoms with E-state index >= 15 is 9.59 Å². The third-order valence-electron chi connectivity index (χ3n) is 18.9. The van der Waals surface area contributed by atoms with E-state index < -0.39 is 135 Å². The van der Waals surface area contributed by atoms with Gasteiger partial charge in [-0.2, -0.15) is 0 Å². The summed E-state index contributed by atoms with van der Waals surface area (Å²) in [6.45, 7) is 10.4. The molecule has 4 aliphatic rings. The summed E-state index contributed by atoms with van der Waals surface area (Å²) >= 11 is 0. The van der Waals surface area contributed by atoms with E-state index in [1.807, 2.05) is 42.5 Å². The molecule has 1 heterocycles. The summed E-state index contributed by atoms with van der Waals surface area (Å²) in [7, 11) is 0. The second-order valence-corrected chi connectivity index (χ2v) is 26.2. The smallest absolute Gasteiger partial charge is 0.408 e. The van der Waals surface area contributed by atoms with Crippen LogP contribution in [0.15, 0.2) is 175 Å². The number of aliphatic hydroxyl groups is 2. The van der Waals surface area contributed by atoms with Gasteiger partial charge in [0.15, 0.2) is 17.5 Å². The highest BCUT2D eigenvalue weighted by Gasteiger charge is 2.78. The van der Waals surface area contributed by atoms with Crippen LogP contribution in [-0.4, -0.2) is 130 Å². The topological polar surface area (TPSA) is 330 Å². The third-order valence-corrected chi connectivity index (χ3v) is 18.9. The van der Waals surface area contributed by atoms with E-state index in [1.165, 1.54) is 70.2 Å². The number of carbonyl (C=O) groups excluding carboxylic acids is 8. The molecule has 3 aliphatic carbocycles. The van der Waals surface area contributed by atoms with Crippen molar-refractivity contribution in [3.8, 4) is 22.6 Å². The second-order valence-electron chi connectivity index (χ2n) is 26.2. The quantitative estimate of drug-likeness (QED) is 0.0147. The summed E-state index contributed by atoms with van der Waals surface area (Å²) in [5, 5.41) is 46.7. The number of nitro groups is 1.